The third kappa shape index (κ3) is 2.35. The molecule has 0 aliphatic carbocycles. The van der Waals surface area contributed by atoms with Crippen molar-refractivity contribution in [2.75, 3.05) is 11.9 Å². The van der Waals surface area contributed by atoms with Crippen LogP contribution in [0.15, 0.2) is 18.2 Å². The number of rotatable bonds is 1. The summed E-state index contributed by atoms with van der Waals surface area (Å²) in [6.45, 7) is 0.747. The summed E-state index contributed by atoms with van der Waals surface area (Å²) in [7, 11) is 0. The molecule has 0 radical (unpaired) electrons. The molecule has 21 heavy (non-hydrogen) atoms. The maximum absolute atomic E-state index is 14.0. The highest BCUT2D eigenvalue weighted by atomic mass is 19.1. The molecule has 0 saturated heterocycles. The largest absolute Gasteiger partial charge is 0.370 e. The van der Waals surface area contributed by atoms with Gasteiger partial charge in [0.2, 0.25) is 5.96 Å². The lowest BCUT2D eigenvalue weighted by Gasteiger charge is -2.06. The van der Waals surface area contributed by atoms with Gasteiger partial charge >= 0.3 is 0 Å². The SMILES string of the molecule is N=C(N)n1nc(-c2ccc(F)cc2F)c2c1NCCCC2. The Balaban J connectivity index is 2.20. The first-order valence-electron chi connectivity index (χ1n) is 6.73. The van der Waals surface area contributed by atoms with Gasteiger partial charge in [-0.2, -0.15) is 9.78 Å². The fraction of sp³-hybridized carbons (Fsp3) is 0.286. The maximum Gasteiger partial charge on any atom is 0.215 e. The van der Waals surface area contributed by atoms with Crippen LogP contribution in [0.5, 0.6) is 0 Å². The Labute approximate surface area is 120 Å². The first-order chi connectivity index (χ1) is 10.1. The maximum atomic E-state index is 14.0. The second kappa shape index (κ2) is 5.16. The molecule has 7 heteroatoms. The summed E-state index contributed by atoms with van der Waals surface area (Å²) in [5, 5.41) is 15.0. The number of nitrogens with zero attached hydrogens (tertiary/aromatic N) is 2. The second-order valence-corrected chi connectivity index (χ2v) is 4.98. The van der Waals surface area contributed by atoms with E-state index in [2.05, 4.69) is 10.4 Å². The van der Waals surface area contributed by atoms with Crippen LogP contribution < -0.4 is 11.1 Å². The Morgan fingerprint density at radius 1 is 1.33 bits per heavy atom. The highest BCUT2D eigenvalue weighted by Gasteiger charge is 2.23. The summed E-state index contributed by atoms with van der Waals surface area (Å²) in [5.74, 6) is -0.921. The van der Waals surface area contributed by atoms with Crippen LogP contribution in [-0.2, 0) is 6.42 Å². The molecule has 0 saturated carbocycles. The number of nitrogens with one attached hydrogen (secondary N) is 2. The van der Waals surface area contributed by atoms with Crippen LogP contribution in [0.2, 0.25) is 0 Å². The number of nitrogens with two attached hydrogens (primary N) is 1. The third-order valence-corrected chi connectivity index (χ3v) is 3.54. The quantitative estimate of drug-likeness (QED) is 0.557. The molecule has 1 aromatic carbocycles. The van der Waals surface area contributed by atoms with Crippen LogP contribution in [0.3, 0.4) is 0 Å². The Bertz CT molecular complexity index is 708. The zero-order chi connectivity index (χ0) is 15.0. The van der Waals surface area contributed by atoms with Crippen molar-refractivity contribution in [1.29, 1.82) is 5.41 Å². The molecule has 0 bridgehead atoms. The van der Waals surface area contributed by atoms with E-state index in [-0.39, 0.29) is 11.5 Å². The number of anilines is 1. The molecule has 110 valence electrons. The molecule has 3 rings (SSSR count). The van der Waals surface area contributed by atoms with E-state index < -0.39 is 11.6 Å². The lowest BCUT2D eigenvalue weighted by Crippen LogP contribution is -2.24. The summed E-state index contributed by atoms with van der Waals surface area (Å²) in [5.41, 5.74) is 6.97. The molecule has 1 aliphatic rings. The zero-order valence-electron chi connectivity index (χ0n) is 11.3. The molecule has 2 aromatic rings. The molecule has 0 spiro atoms. The van der Waals surface area contributed by atoms with Crippen LogP contribution >= 0.6 is 0 Å². The van der Waals surface area contributed by atoms with Gasteiger partial charge in [-0.05, 0) is 31.4 Å². The number of hydrogen-bond acceptors (Lipinski definition) is 3. The molecular formula is C14H15F2N5. The van der Waals surface area contributed by atoms with E-state index in [9.17, 15) is 8.78 Å². The minimum atomic E-state index is -0.671. The van der Waals surface area contributed by atoms with Crippen molar-refractivity contribution in [2.24, 2.45) is 5.73 Å². The van der Waals surface area contributed by atoms with E-state index in [0.29, 0.717) is 17.9 Å². The van der Waals surface area contributed by atoms with Gasteiger partial charge in [-0.25, -0.2) is 8.78 Å². The summed E-state index contributed by atoms with van der Waals surface area (Å²) >= 11 is 0. The van der Waals surface area contributed by atoms with Crippen molar-refractivity contribution in [3.05, 3.63) is 35.4 Å². The van der Waals surface area contributed by atoms with Crippen LogP contribution in [-0.4, -0.2) is 22.3 Å². The van der Waals surface area contributed by atoms with Crippen LogP contribution in [0.25, 0.3) is 11.3 Å². The minimum absolute atomic E-state index is 0.219. The van der Waals surface area contributed by atoms with Crippen molar-refractivity contribution in [3.63, 3.8) is 0 Å². The van der Waals surface area contributed by atoms with Gasteiger partial charge in [0, 0.05) is 23.7 Å². The van der Waals surface area contributed by atoms with Crippen LogP contribution in [0, 0.1) is 17.0 Å². The van der Waals surface area contributed by atoms with Gasteiger partial charge < -0.3 is 11.1 Å². The second-order valence-electron chi connectivity index (χ2n) is 4.98. The number of nitrogen functional groups attached to an aromatic ring is 1. The lowest BCUT2D eigenvalue weighted by molar-refractivity contribution is 0.585. The Hall–Kier alpha value is -2.44. The van der Waals surface area contributed by atoms with Crippen LogP contribution in [0.1, 0.15) is 18.4 Å². The summed E-state index contributed by atoms with van der Waals surface area (Å²) < 4.78 is 28.4. The normalized spacial score (nSPS) is 14.2. The first kappa shape index (κ1) is 13.5. The Morgan fingerprint density at radius 3 is 2.86 bits per heavy atom. The summed E-state index contributed by atoms with van der Waals surface area (Å²) in [6.07, 6.45) is 2.61. The number of fused-ring (bicyclic) bond motifs is 1. The molecule has 0 atom stereocenters. The molecule has 2 heterocycles. The van der Waals surface area contributed by atoms with Gasteiger partial charge in [-0.3, -0.25) is 5.41 Å². The lowest BCUT2D eigenvalue weighted by atomic mass is 10.0. The molecule has 1 aromatic heterocycles. The highest BCUT2D eigenvalue weighted by Crippen LogP contribution is 2.33. The highest BCUT2D eigenvalue weighted by molar-refractivity contribution is 5.84. The zero-order valence-corrected chi connectivity index (χ0v) is 11.3. The Kier molecular flexibility index (Phi) is 3.32. The van der Waals surface area contributed by atoms with Gasteiger partial charge in [-0.1, -0.05) is 0 Å². The average molecular weight is 291 g/mol. The first-order valence-corrected chi connectivity index (χ1v) is 6.73. The average Bonchev–Trinajstić information content (AvgIpc) is 2.63. The summed E-state index contributed by atoms with van der Waals surface area (Å²) in [6, 6.07) is 3.39. The molecular weight excluding hydrogens is 276 g/mol. The molecule has 4 N–H and O–H groups in total. The van der Waals surface area contributed by atoms with E-state index in [0.717, 1.165) is 31.0 Å². The van der Waals surface area contributed by atoms with E-state index >= 15 is 0 Å². The topological polar surface area (TPSA) is 79.7 Å². The van der Waals surface area contributed by atoms with Gasteiger partial charge in [0.05, 0.1) is 0 Å². The third-order valence-electron chi connectivity index (χ3n) is 3.54. The number of aromatic nitrogens is 2. The van der Waals surface area contributed by atoms with E-state index in [1.807, 2.05) is 0 Å². The predicted octanol–water partition coefficient (Wildman–Crippen LogP) is 2.32. The van der Waals surface area contributed by atoms with Crippen molar-refractivity contribution < 1.29 is 8.78 Å². The predicted molar refractivity (Wildman–Crippen MR) is 76.3 cm³/mol. The van der Waals surface area contributed by atoms with Crippen molar-refractivity contribution in [2.45, 2.75) is 19.3 Å². The van der Waals surface area contributed by atoms with Gasteiger partial charge in [-0.15, -0.1) is 0 Å². The molecule has 0 unspecified atom stereocenters. The number of halogens is 2. The summed E-state index contributed by atoms with van der Waals surface area (Å²) in [4.78, 5) is 0. The van der Waals surface area contributed by atoms with Crippen LogP contribution in [0.4, 0.5) is 14.6 Å². The fourth-order valence-corrected chi connectivity index (χ4v) is 2.57. The fourth-order valence-electron chi connectivity index (χ4n) is 2.57. The van der Waals surface area contributed by atoms with Gasteiger partial charge in [0.25, 0.3) is 0 Å². The molecule has 0 fully saturated rings. The van der Waals surface area contributed by atoms with E-state index in [4.69, 9.17) is 11.1 Å². The Morgan fingerprint density at radius 2 is 2.14 bits per heavy atom. The van der Waals surface area contributed by atoms with Crippen molar-refractivity contribution in [3.8, 4) is 11.3 Å². The van der Waals surface area contributed by atoms with Gasteiger partial charge in [0.1, 0.15) is 23.1 Å². The number of hydrogen-bond donors (Lipinski definition) is 3. The molecule has 1 aliphatic heterocycles. The van der Waals surface area contributed by atoms with E-state index in [1.165, 1.54) is 16.8 Å². The van der Waals surface area contributed by atoms with Crippen molar-refractivity contribution >= 4 is 11.8 Å². The molecule has 0 amide bonds. The molecule has 5 nitrogen and oxygen atoms in total. The van der Waals surface area contributed by atoms with E-state index in [1.54, 1.807) is 0 Å². The number of benzene rings is 1. The van der Waals surface area contributed by atoms with Gasteiger partial charge in [0.15, 0.2) is 0 Å². The minimum Gasteiger partial charge on any atom is -0.370 e. The standard InChI is InChI=1S/C14H15F2N5/c15-8-4-5-9(11(16)7-8)12-10-3-1-2-6-19-13(10)21(20-12)14(17)18/h4-5,7,19H,1-3,6H2,(H3,17,18). The monoisotopic (exact) mass is 291 g/mol. The smallest absolute Gasteiger partial charge is 0.215 e. The van der Waals surface area contributed by atoms with Crippen molar-refractivity contribution in [1.82, 2.24) is 9.78 Å².